The first kappa shape index (κ1) is 18.5. The number of fused-ring (bicyclic) bond motifs is 1. The molecule has 0 radical (unpaired) electrons. The van der Waals surface area contributed by atoms with Crippen molar-refractivity contribution in [3.05, 3.63) is 77.4 Å². The Labute approximate surface area is 155 Å². The van der Waals surface area contributed by atoms with Crippen molar-refractivity contribution in [3.63, 3.8) is 0 Å². The summed E-state index contributed by atoms with van der Waals surface area (Å²) >= 11 is 0. The molecule has 1 atom stereocenters. The van der Waals surface area contributed by atoms with Crippen LogP contribution in [0.3, 0.4) is 0 Å². The van der Waals surface area contributed by atoms with Crippen LogP contribution in [0.5, 0.6) is 5.75 Å². The standard InChI is InChI=1S/C21H18F2N2O2/c1-13(14-6-7-16-11-17(27-2)9-8-15(16)10-14)21(26)25-24-12-18-19(22)4-3-5-20(18)23/h3-13H,1-2H3,(H,25,26)/b24-12+/t13-/m0/s1. The van der Waals surface area contributed by atoms with Crippen LogP contribution in [0.2, 0.25) is 0 Å². The van der Waals surface area contributed by atoms with Gasteiger partial charge in [-0.05, 0) is 47.5 Å². The third kappa shape index (κ3) is 4.11. The summed E-state index contributed by atoms with van der Waals surface area (Å²) in [5.74, 6) is -1.59. The van der Waals surface area contributed by atoms with Gasteiger partial charge >= 0.3 is 0 Å². The van der Waals surface area contributed by atoms with Crippen molar-refractivity contribution in [3.8, 4) is 5.75 Å². The summed E-state index contributed by atoms with van der Waals surface area (Å²) in [4.78, 5) is 12.3. The summed E-state index contributed by atoms with van der Waals surface area (Å²) in [6.45, 7) is 1.74. The molecule has 3 aromatic rings. The lowest BCUT2D eigenvalue weighted by Crippen LogP contribution is -2.23. The maximum Gasteiger partial charge on any atom is 0.247 e. The zero-order chi connectivity index (χ0) is 19.4. The van der Waals surface area contributed by atoms with Gasteiger partial charge in [-0.1, -0.05) is 30.3 Å². The lowest BCUT2D eigenvalue weighted by atomic mass is 9.97. The molecule has 3 aromatic carbocycles. The van der Waals surface area contributed by atoms with Gasteiger partial charge in [0.2, 0.25) is 5.91 Å². The van der Waals surface area contributed by atoms with Gasteiger partial charge in [0.1, 0.15) is 17.4 Å². The summed E-state index contributed by atoms with van der Waals surface area (Å²) < 4.78 is 32.3. The third-order valence-corrected chi connectivity index (χ3v) is 4.33. The molecule has 0 aliphatic rings. The van der Waals surface area contributed by atoms with Gasteiger partial charge in [-0.3, -0.25) is 4.79 Å². The second-order valence-corrected chi connectivity index (χ2v) is 6.06. The largest absolute Gasteiger partial charge is 0.497 e. The summed E-state index contributed by atoms with van der Waals surface area (Å²) in [6.07, 6.45) is 0.960. The molecule has 0 heterocycles. The fourth-order valence-corrected chi connectivity index (χ4v) is 2.68. The number of hydrogen-bond donors (Lipinski definition) is 1. The van der Waals surface area contributed by atoms with Gasteiger partial charge in [-0.25, -0.2) is 14.2 Å². The molecule has 0 aromatic heterocycles. The second-order valence-electron chi connectivity index (χ2n) is 6.06. The molecule has 0 bridgehead atoms. The van der Waals surface area contributed by atoms with Gasteiger partial charge < -0.3 is 4.74 Å². The SMILES string of the molecule is COc1ccc2cc([C@H](C)C(=O)N/N=C/c3c(F)cccc3F)ccc2c1. The number of hydrazone groups is 1. The molecule has 3 rings (SSSR count). The molecule has 0 fully saturated rings. The van der Waals surface area contributed by atoms with Crippen molar-refractivity contribution in [1.82, 2.24) is 5.43 Å². The topological polar surface area (TPSA) is 50.7 Å². The molecule has 138 valence electrons. The quantitative estimate of drug-likeness (QED) is 0.537. The Morgan fingerprint density at radius 2 is 1.74 bits per heavy atom. The number of amides is 1. The summed E-state index contributed by atoms with van der Waals surface area (Å²) in [7, 11) is 1.61. The van der Waals surface area contributed by atoms with E-state index in [-0.39, 0.29) is 11.5 Å². The molecule has 27 heavy (non-hydrogen) atoms. The Morgan fingerprint density at radius 3 is 2.44 bits per heavy atom. The van der Waals surface area contributed by atoms with Crippen molar-refractivity contribution in [2.24, 2.45) is 5.10 Å². The Balaban J connectivity index is 1.73. The van der Waals surface area contributed by atoms with Crippen molar-refractivity contribution in [1.29, 1.82) is 0 Å². The third-order valence-electron chi connectivity index (χ3n) is 4.33. The van der Waals surface area contributed by atoms with Gasteiger partial charge in [0, 0.05) is 0 Å². The van der Waals surface area contributed by atoms with E-state index in [0.29, 0.717) is 0 Å². The number of nitrogens with zero attached hydrogens (tertiary/aromatic N) is 1. The predicted molar refractivity (Wildman–Crippen MR) is 101 cm³/mol. The van der Waals surface area contributed by atoms with E-state index in [1.165, 1.54) is 6.07 Å². The van der Waals surface area contributed by atoms with Gasteiger partial charge in [0.05, 0.1) is 24.8 Å². The van der Waals surface area contributed by atoms with Crippen LogP contribution in [0.15, 0.2) is 59.7 Å². The number of ether oxygens (including phenoxy) is 1. The number of nitrogens with one attached hydrogen (secondary N) is 1. The number of benzene rings is 3. The van der Waals surface area contributed by atoms with Crippen LogP contribution < -0.4 is 10.2 Å². The number of hydrogen-bond acceptors (Lipinski definition) is 3. The van der Waals surface area contributed by atoms with Gasteiger partial charge in [0.15, 0.2) is 0 Å². The van der Waals surface area contributed by atoms with Crippen LogP contribution in [0, 0.1) is 11.6 Å². The molecule has 1 N–H and O–H groups in total. The lowest BCUT2D eigenvalue weighted by Gasteiger charge is -2.11. The van der Waals surface area contributed by atoms with Crippen LogP contribution in [0.1, 0.15) is 24.0 Å². The summed E-state index contributed by atoms with van der Waals surface area (Å²) in [6, 6.07) is 14.9. The Kier molecular flexibility index (Phi) is 5.45. The number of methoxy groups -OCH3 is 1. The number of carbonyl (C=O) groups excluding carboxylic acids is 1. The van der Waals surface area contributed by atoms with Gasteiger partial charge in [-0.2, -0.15) is 5.10 Å². The molecule has 0 spiro atoms. The van der Waals surface area contributed by atoms with E-state index in [4.69, 9.17) is 4.74 Å². The first-order valence-electron chi connectivity index (χ1n) is 8.34. The Morgan fingerprint density at radius 1 is 1.07 bits per heavy atom. The molecule has 1 amide bonds. The molecular weight excluding hydrogens is 350 g/mol. The highest BCUT2D eigenvalue weighted by atomic mass is 19.1. The Hall–Kier alpha value is -3.28. The van der Waals surface area contributed by atoms with E-state index >= 15 is 0 Å². The van der Waals surface area contributed by atoms with Crippen molar-refractivity contribution >= 4 is 22.9 Å². The molecular formula is C21H18F2N2O2. The van der Waals surface area contributed by atoms with E-state index < -0.39 is 17.6 Å². The molecule has 0 unspecified atom stereocenters. The minimum absolute atomic E-state index is 0.301. The predicted octanol–water partition coefficient (Wildman–Crippen LogP) is 4.38. The first-order chi connectivity index (χ1) is 13.0. The van der Waals surface area contributed by atoms with E-state index in [9.17, 15) is 13.6 Å². The second kappa shape index (κ2) is 7.95. The molecule has 4 nitrogen and oxygen atoms in total. The lowest BCUT2D eigenvalue weighted by molar-refractivity contribution is -0.122. The minimum atomic E-state index is -0.744. The minimum Gasteiger partial charge on any atom is -0.497 e. The van der Waals surface area contributed by atoms with Crippen LogP contribution in [0.25, 0.3) is 10.8 Å². The fraction of sp³-hybridized carbons (Fsp3) is 0.143. The van der Waals surface area contributed by atoms with Crippen LogP contribution in [0.4, 0.5) is 8.78 Å². The molecule has 0 saturated heterocycles. The average Bonchev–Trinajstić information content (AvgIpc) is 2.68. The highest BCUT2D eigenvalue weighted by molar-refractivity contribution is 5.89. The zero-order valence-electron chi connectivity index (χ0n) is 14.9. The highest BCUT2D eigenvalue weighted by Crippen LogP contribution is 2.25. The normalized spacial score (nSPS) is 12.3. The first-order valence-corrected chi connectivity index (χ1v) is 8.34. The maximum atomic E-state index is 13.5. The smallest absolute Gasteiger partial charge is 0.247 e. The number of rotatable bonds is 5. The van der Waals surface area contributed by atoms with E-state index in [2.05, 4.69) is 10.5 Å². The van der Waals surface area contributed by atoms with E-state index in [1.807, 2.05) is 36.4 Å². The molecule has 0 aliphatic carbocycles. The average molecular weight is 368 g/mol. The van der Waals surface area contributed by atoms with Crippen LogP contribution in [-0.4, -0.2) is 19.2 Å². The summed E-state index contributed by atoms with van der Waals surface area (Å²) in [5.41, 5.74) is 2.83. The van der Waals surface area contributed by atoms with Gasteiger partial charge in [-0.15, -0.1) is 0 Å². The van der Waals surface area contributed by atoms with E-state index in [0.717, 1.165) is 40.4 Å². The van der Waals surface area contributed by atoms with Crippen molar-refractivity contribution in [2.75, 3.05) is 7.11 Å². The molecule has 0 aliphatic heterocycles. The molecule has 6 heteroatoms. The number of halogens is 2. The summed E-state index contributed by atoms with van der Waals surface area (Å²) in [5, 5.41) is 5.65. The van der Waals surface area contributed by atoms with Crippen molar-refractivity contribution in [2.45, 2.75) is 12.8 Å². The maximum absolute atomic E-state index is 13.5. The fourth-order valence-electron chi connectivity index (χ4n) is 2.68. The monoisotopic (exact) mass is 368 g/mol. The zero-order valence-corrected chi connectivity index (χ0v) is 14.9. The van der Waals surface area contributed by atoms with Crippen LogP contribution >= 0.6 is 0 Å². The molecule has 0 saturated carbocycles. The number of carbonyl (C=O) groups is 1. The highest BCUT2D eigenvalue weighted by Gasteiger charge is 2.15. The van der Waals surface area contributed by atoms with Gasteiger partial charge in [0.25, 0.3) is 0 Å². The van der Waals surface area contributed by atoms with E-state index in [1.54, 1.807) is 14.0 Å². The van der Waals surface area contributed by atoms with Crippen LogP contribution in [-0.2, 0) is 4.79 Å². The Bertz CT molecular complexity index is 998. The van der Waals surface area contributed by atoms with Crippen molar-refractivity contribution < 1.29 is 18.3 Å².